The molecule has 8 nitrogen and oxygen atoms in total. The maximum atomic E-state index is 13.3. The number of methoxy groups -OCH3 is 1. The summed E-state index contributed by atoms with van der Waals surface area (Å²) in [6.07, 6.45) is 21.8. The number of esters is 1. The number of carbonyl (C=O) groups excluding carboxylic acids is 3. The molecule has 2 atom stereocenters. The molecule has 41 heavy (non-hydrogen) atoms. The Morgan fingerprint density at radius 1 is 0.634 bits per heavy atom. The molecule has 0 aromatic carbocycles. The van der Waals surface area contributed by atoms with Crippen LogP contribution in [0.3, 0.4) is 0 Å². The minimum Gasteiger partial charge on any atom is -0.480 e. The lowest BCUT2D eigenvalue weighted by molar-refractivity contribution is -0.154. The summed E-state index contributed by atoms with van der Waals surface area (Å²) in [5.41, 5.74) is 0. The molecule has 1 unspecified atom stereocenters. The number of aliphatic carboxylic acids is 1. The summed E-state index contributed by atoms with van der Waals surface area (Å²) >= 11 is 0. The highest BCUT2D eigenvalue weighted by atomic mass is 16.5. The highest BCUT2D eigenvalue weighted by Crippen LogP contribution is 2.17. The van der Waals surface area contributed by atoms with Crippen molar-refractivity contribution in [3.8, 4) is 0 Å². The van der Waals surface area contributed by atoms with Crippen molar-refractivity contribution in [2.45, 2.75) is 181 Å². The summed E-state index contributed by atoms with van der Waals surface area (Å²) in [7, 11) is 1.24. The molecule has 0 heterocycles. The van der Waals surface area contributed by atoms with Gasteiger partial charge in [-0.25, -0.2) is 0 Å². The first-order valence-electron chi connectivity index (χ1n) is 16.7. The molecule has 240 valence electrons. The maximum Gasteiger partial charge on any atom is 0.320 e. The lowest BCUT2D eigenvalue weighted by atomic mass is 10.0. The van der Waals surface area contributed by atoms with E-state index in [2.05, 4.69) is 19.2 Å². The third-order valence-corrected chi connectivity index (χ3v) is 7.74. The van der Waals surface area contributed by atoms with Crippen molar-refractivity contribution in [1.29, 1.82) is 0 Å². The average molecular weight is 583 g/mol. The zero-order valence-electron chi connectivity index (χ0n) is 26.9. The third kappa shape index (κ3) is 21.4. The van der Waals surface area contributed by atoms with Gasteiger partial charge in [0, 0.05) is 12.8 Å². The largest absolute Gasteiger partial charge is 0.480 e. The number of nitrogens with one attached hydrogen (secondary N) is 1. The molecule has 0 rings (SSSR count). The molecular formula is C33H62N2O6. The molecule has 0 bridgehead atoms. The van der Waals surface area contributed by atoms with E-state index in [1.807, 2.05) is 0 Å². The van der Waals surface area contributed by atoms with Crippen LogP contribution in [0.5, 0.6) is 0 Å². The molecule has 0 aliphatic rings. The Balaban J connectivity index is 4.92. The molecule has 0 aromatic rings. The number of hydrogen-bond acceptors (Lipinski definition) is 6. The Morgan fingerprint density at radius 3 is 1.29 bits per heavy atom. The van der Waals surface area contributed by atoms with Gasteiger partial charge in [0.05, 0.1) is 13.5 Å². The minimum absolute atomic E-state index is 0.195. The van der Waals surface area contributed by atoms with Gasteiger partial charge in [-0.3, -0.25) is 29.4 Å². The molecule has 2 N–H and O–H groups in total. The summed E-state index contributed by atoms with van der Waals surface area (Å²) in [5.74, 6) is -2.45. The number of carboxylic acids is 1. The van der Waals surface area contributed by atoms with Gasteiger partial charge in [0.15, 0.2) is 0 Å². The summed E-state index contributed by atoms with van der Waals surface area (Å²) in [6.45, 7) is 5.87. The van der Waals surface area contributed by atoms with E-state index in [1.165, 1.54) is 91.1 Å². The monoisotopic (exact) mass is 582 g/mol. The fraction of sp³-hybridized carbons (Fsp3) is 0.879. The Bertz CT molecular complexity index is 699. The van der Waals surface area contributed by atoms with E-state index in [4.69, 9.17) is 4.74 Å². The topological polar surface area (TPSA) is 113 Å². The number of carboxylic acid groups (broad SMARTS) is 1. The fourth-order valence-corrected chi connectivity index (χ4v) is 5.08. The zero-order valence-corrected chi connectivity index (χ0v) is 26.9. The molecule has 0 aliphatic heterocycles. The summed E-state index contributed by atoms with van der Waals surface area (Å²) < 4.78 is 4.79. The van der Waals surface area contributed by atoms with Gasteiger partial charge in [-0.1, -0.05) is 129 Å². The minimum atomic E-state index is -1.12. The molecule has 0 aromatic heterocycles. The number of carbonyl (C=O) groups is 4. The summed E-state index contributed by atoms with van der Waals surface area (Å²) in [5, 5.41) is 12.2. The predicted molar refractivity (Wildman–Crippen MR) is 165 cm³/mol. The van der Waals surface area contributed by atoms with Crippen molar-refractivity contribution in [2.24, 2.45) is 0 Å². The number of nitrogens with zero attached hydrogens (tertiary/aromatic N) is 1. The van der Waals surface area contributed by atoms with Gasteiger partial charge < -0.3 is 9.84 Å². The van der Waals surface area contributed by atoms with E-state index in [1.54, 1.807) is 0 Å². The van der Waals surface area contributed by atoms with Crippen LogP contribution in [0, 0.1) is 0 Å². The Hall–Kier alpha value is -1.96. The summed E-state index contributed by atoms with van der Waals surface area (Å²) in [4.78, 5) is 51.4. The van der Waals surface area contributed by atoms with Crippen LogP contribution in [0.15, 0.2) is 0 Å². The molecular weight excluding hydrogens is 520 g/mol. The average Bonchev–Trinajstić information content (AvgIpc) is 2.94. The zero-order chi connectivity index (χ0) is 30.7. The first-order valence-corrected chi connectivity index (χ1v) is 16.7. The van der Waals surface area contributed by atoms with Gasteiger partial charge in [-0.05, 0) is 19.8 Å². The fourth-order valence-electron chi connectivity index (χ4n) is 5.08. The van der Waals surface area contributed by atoms with Gasteiger partial charge in [0.2, 0.25) is 11.8 Å². The Kier molecular flexibility index (Phi) is 25.6. The van der Waals surface area contributed by atoms with Crippen LogP contribution < -0.4 is 5.32 Å². The second kappa shape index (κ2) is 26.9. The van der Waals surface area contributed by atoms with Crippen molar-refractivity contribution in [3.05, 3.63) is 0 Å². The van der Waals surface area contributed by atoms with E-state index >= 15 is 0 Å². The van der Waals surface area contributed by atoms with E-state index in [-0.39, 0.29) is 31.1 Å². The highest BCUT2D eigenvalue weighted by Gasteiger charge is 2.33. The van der Waals surface area contributed by atoms with Crippen molar-refractivity contribution in [2.75, 3.05) is 7.11 Å². The second-order valence-corrected chi connectivity index (χ2v) is 11.5. The number of ether oxygens (including phenoxy) is 1. The van der Waals surface area contributed by atoms with E-state index in [0.717, 1.165) is 43.4 Å². The van der Waals surface area contributed by atoms with E-state index < -0.39 is 24.1 Å². The number of rotatable bonds is 28. The highest BCUT2D eigenvalue weighted by molar-refractivity contribution is 5.96. The molecule has 0 aliphatic carbocycles. The Labute approximate surface area is 250 Å². The van der Waals surface area contributed by atoms with Gasteiger partial charge in [-0.2, -0.15) is 0 Å². The van der Waals surface area contributed by atoms with Gasteiger partial charge in [-0.15, -0.1) is 0 Å². The molecule has 0 saturated heterocycles. The van der Waals surface area contributed by atoms with Gasteiger partial charge in [0.1, 0.15) is 12.2 Å². The maximum absolute atomic E-state index is 13.3. The van der Waals surface area contributed by atoms with Crippen LogP contribution in [0.2, 0.25) is 0 Å². The number of imide groups is 1. The van der Waals surface area contributed by atoms with Crippen molar-refractivity contribution >= 4 is 23.8 Å². The third-order valence-electron chi connectivity index (χ3n) is 7.74. The smallest absolute Gasteiger partial charge is 0.320 e. The number of amides is 2. The van der Waals surface area contributed by atoms with Gasteiger partial charge >= 0.3 is 11.9 Å². The molecule has 8 heteroatoms. The lowest BCUT2D eigenvalue weighted by Crippen LogP contribution is -2.56. The Morgan fingerprint density at radius 2 is 0.976 bits per heavy atom. The quantitative estimate of drug-likeness (QED) is 0.0547. The van der Waals surface area contributed by atoms with Crippen LogP contribution >= 0.6 is 0 Å². The molecule has 0 radical (unpaired) electrons. The predicted octanol–water partition coefficient (Wildman–Crippen LogP) is 7.92. The van der Waals surface area contributed by atoms with Crippen molar-refractivity contribution in [3.63, 3.8) is 0 Å². The SMILES string of the molecule is CCCCCCCCCCCCCC(=O)N(C(=O)CCCCCCCCCCC)C(CC(=O)OC)N[C@@H](C)C(=O)O. The molecule has 0 spiro atoms. The first kappa shape index (κ1) is 39.0. The van der Waals surface area contributed by atoms with Crippen LogP contribution in [0.1, 0.15) is 168 Å². The van der Waals surface area contributed by atoms with Crippen molar-refractivity contribution < 1.29 is 29.0 Å². The standard InChI is InChI=1S/C33H62N2O6/c1-5-7-9-11-13-15-16-18-20-22-24-26-31(37)35(29(27-32(38)41-4)34-28(3)33(39)40)30(36)25-23-21-19-17-14-12-10-8-6-2/h28-29,34H,5-27H2,1-4H3,(H,39,40)/t28-,29?/m0/s1. The van der Waals surface area contributed by atoms with Crippen LogP contribution in [-0.4, -0.2) is 53.1 Å². The second-order valence-electron chi connectivity index (χ2n) is 11.5. The van der Waals surface area contributed by atoms with Gasteiger partial charge in [0.25, 0.3) is 0 Å². The van der Waals surface area contributed by atoms with Crippen molar-refractivity contribution in [1.82, 2.24) is 10.2 Å². The molecule has 0 saturated carbocycles. The normalized spacial score (nSPS) is 12.6. The lowest BCUT2D eigenvalue weighted by Gasteiger charge is -2.32. The molecule has 2 amide bonds. The van der Waals surface area contributed by atoms with Crippen LogP contribution in [-0.2, 0) is 23.9 Å². The van der Waals surface area contributed by atoms with Crippen LogP contribution in [0.25, 0.3) is 0 Å². The van der Waals surface area contributed by atoms with E-state index in [9.17, 15) is 24.3 Å². The molecule has 0 fully saturated rings. The first-order chi connectivity index (χ1) is 19.8. The summed E-state index contributed by atoms with van der Waals surface area (Å²) in [6, 6.07) is -1.04. The number of hydrogen-bond donors (Lipinski definition) is 2. The number of unbranched alkanes of at least 4 members (excludes halogenated alkanes) is 18. The van der Waals surface area contributed by atoms with E-state index in [0.29, 0.717) is 12.8 Å². The van der Waals surface area contributed by atoms with Crippen LogP contribution in [0.4, 0.5) is 0 Å².